The third-order valence-corrected chi connectivity index (χ3v) is 1.69. The molecule has 0 unspecified atom stereocenters. The summed E-state index contributed by atoms with van der Waals surface area (Å²) in [6.07, 6.45) is 3.64. The van der Waals surface area contributed by atoms with Crippen molar-refractivity contribution in [2.75, 3.05) is 6.61 Å². The van der Waals surface area contributed by atoms with Crippen LogP contribution in [0.2, 0.25) is 0 Å². The topological polar surface area (TPSA) is 26.3 Å². The van der Waals surface area contributed by atoms with Gasteiger partial charge in [0.1, 0.15) is 12.0 Å². The predicted molar refractivity (Wildman–Crippen MR) is 38.6 cm³/mol. The van der Waals surface area contributed by atoms with Crippen LogP contribution in [0.15, 0.2) is 11.3 Å². The van der Waals surface area contributed by atoms with E-state index in [-0.39, 0.29) is 0 Å². The van der Waals surface area contributed by atoms with Crippen molar-refractivity contribution in [3.05, 3.63) is 11.3 Å². The minimum absolute atomic E-state index is 0.778. The van der Waals surface area contributed by atoms with Crippen molar-refractivity contribution in [1.82, 2.24) is 0 Å². The fourth-order valence-electron chi connectivity index (χ4n) is 1.14. The summed E-state index contributed by atoms with van der Waals surface area (Å²) in [5.41, 5.74) is 0.855. The lowest BCUT2D eigenvalue weighted by Gasteiger charge is -2.16. The van der Waals surface area contributed by atoms with Gasteiger partial charge in [-0.15, -0.1) is 0 Å². The molecule has 0 saturated heterocycles. The van der Waals surface area contributed by atoms with Crippen LogP contribution in [0.3, 0.4) is 0 Å². The van der Waals surface area contributed by atoms with E-state index in [0.29, 0.717) is 0 Å². The fourth-order valence-corrected chi connectivity index (χ4v) is 1.14. The minimum Gasteiger partial charge on any atom is -0.498 e. The van der Waals surface area contributed by atoms with Gasteiger partial charge in [0.05, 0.1) is 6.61 Å². The zero-order chi connectivity index (χ0) is 7.40. The van der Waals surface area contributed by atoms with Crippen molar-refractivity contribution in [3.8, 4) is 0 Å². The first-order valence-corrected chi connectivity index (χ1v) is 3.68. The summed E-state index contributed by atoms with van der Waals surface area (Å²) in [5, 5.41) is 0. The summed E-state index contributed by atoms with van der Waals surface area (Å²) >= 11 is 0. The summed E-state index contributed by atoms with van der Waals surface area (Å²) < 4.78 is 5.28. The van der Waals surface area contributed by atoms with Crippen molar-refractivity contribution in [3.63, 3.8) is 0 Å². The highest BCUT2D eigenvalue weighted by Gasteiger charge is 2.10. The molecular formula is C8H12O2. The number of carbonyl (C=O) groups excluding carboxylic acids is 1. The standard InChI is InChI=1S/C8H12O2/c1-2-8-7(6-9)4-3-5-10-8/h6H,2-5H2,1H3. The van der Waals surface area contributed by atoms with Gasteiger partial charge in [-0.3, -0.25) is 4.79 Å². The van der Waals surface area contributed by atoms with Crippen molar-refractivity contribution in [2.45, 2.75) is 26.2 Å². The van der Waals surface area contributed by atoms with E-state index in [0.717, 1.165) is 43.5 Å². The molecule has 2 heteroatoms. The van der Waals surface area contributed by atoms with E-state index in [2.05, 4.69) is 0 Å². The quantitative estimate of drug-likeness (QED) is 0.545. The summed E-state index contributed by atoms with van der Waals surface area (Å²) in [7, 11) is 0. The minimum atomic E-state index is 0.778. The number of aldehydes is 1. The largest absolute Gasteiger partial charge is 0.498 e. The Morgan fingerprint density at radius 1 is 1.70 bits per heavy atom. The SMILES string of the molecule is CCC1=C(C=O)CCCO1. The third kappa shape index (κ3) is 1.38. The van der Waals surface area contributed by atoms with Gasteiger partial charge in [0.2, 0.25) is 0 Å². The normalized spacial score (nSPS) is 18.5. The van der Waals surface area contributed by atoms with Crippen LogP contribution in [0.1, 0.15) is 26.2 Å². The third-order valence-electron chi connectivity index (χ3n) is 1.69. The molecule has 1 aliphatic rings. The van der Waals surface area contributed by atoms with Crippen LogP contribution >= 0.6 is 0 Å². The van der Waals surface area contributed by atoms with Crippen molar-refractivity contribution >= 4 is 6.29 Å². The Morgan fingerprint density at radius 3 is 3.00 bits per heavy atom. The highest BCUT2D eigenvalue weighted by molar-refractivity contribution is 5.74. The first kappa shape index (κ1) is 7.32. The van der Waals surface area contributed by atoms with Crippen LogP contribution in [-0.4, -0.2) is 12.9 Å². The zero-order valence-corrected chi connectivity index (χ0v) is 6.22. The summed E-state index contributed by atoms with van der Waals surface area (Å²) in [6, 6.07) is 0. The van der Waals surface area contributed by atoms with Crippen molar-refractivity contribution in [2.24, 2.45) is 0 Å². The Bertz CT molecular complexity index is 159. The average Bonchev–Trinajstić information content (AvgIpc) is 2.04. The second-order valence-corrected chi connectivity index (χ2v) is 2.37. The lowest BCUT2D eigenvalue weighted by atomic mass is 10.1. The van der Waals surface area contributed by atoms with E-state index < -0.39 is 0 Å². The maximum atomic E-state index is 10.4. The Hall–Kier alpha value is -0.790. The molecule has 0 amide bonds. The maximum Gasteiger partial charge on any atom is 0.149 e. The molecule has 0 aromatic rings. The molecule has 1 heterocycles. The fraction of sp³-hybridized carbons (Fsp3) is 0.625. The number of ether oxygens (including phenoxy) is 1. The van der Waals surface area contributed by atoms with Gasteiger partial charge < -0.3 is 4.74 Å². The molecule has 0 N–H and O–H groups in total. The van der Waals surface area contributed by atoms with E-state index in [1.165, 1.54) is 0 Å². The Morgan fingerprint density at radius 2 is 2.50 bits per heavy atom. The Labute approximate surface area is 60.9 Å². The molecule has 1 rings (SSSR count). The monoisotopic (exact) mass is 140 g/mol. The summed E-state index contributed by atoms with van der Waals surface area (Å²) in [6.45, 7) is 2.78. The van der Waals surface area contributed by atoms with E-state index in [1.54, 1.807) is 0 Å². The van der Waals surface area contributed by atoms with Crippen LogP contribution in [0.4, 0.5) is 0 Å². The highest BCUT2D eigenvalue weighted by Crippen LogP contribution is 2.19. The summed E-state index contributed by atoms with van der Waals surface area (Å²) in [4.78, 5) is 10.4. The Balaban J connectivity index is 2.72. The van der Waals surface area contributed by atoms with Gasteiger partial charge in [0, 0.05) is 12.0 Å². The van der Waals surface area contributed by atoms with E-state index in [1.807, 2.05) is 6.92 Å². The molecule has 0 aromatic carbocycles. The maximum absolute atomic E-state index is 10.4. The molecule has 0 fully saturated rings. The van der Waals surface area contributed by atoms with Crippen LogP contribution in [0.5, 0.6) is 0 Å². The van der Waals surface area contributed by atoms with Gasteiger partial charge >= 0.3 is 0 Å². The molecule has 0 atom stereocenters. The first-order chi connectivity index (χ1) is 4.88. The second kappa shape index (κ2) is 3.40. The van der Waals surface area contributed by atoms with Gasteiger partial charge in [-0.1, -0.05) is 6.92 Å². The molecule has 0 saturated carbocycles. The number of hydrogen-bond acceptors (Lipinski definition) is 2. The molecular weight excluding hydrogens is 128 g/mol. The van der Waals surface area contributed by atoms with Crippen LogP contribution in [0.25, 0.3) is 0 Å². The smallest absolute Gasteiger partial charge is 0.149 e. The number of carbonyl (C=O) groups is 1. The van der Waals surface area contributed by atoms with Gasteiger partial charge in [-0.25, -0.2) is 0 Å². The number of hydrogen-bond donors (Lipinski definition) is 0. The predicted octanol–water partition coefficient (Wildman–Crippen LogP) is 1.66. The average molecular weight is 140 g/mol. The summed E-state index contributed by atoms with van der Waals surface area (Å²) in [5.74, 6) is 0.890. The van der Waals surface area contributed by atoms with Crippen molar-refractivity contribution < 1.29 is 9.53 Å². The van der Waals surface area contributed by atoms with Gasteiger partial charge in [0.25, 0.3) is 0 Å². The molecule has 0 aliphatic carbocycles. The molecule has 0 radical (unpaired) electrons. The molecule has 2 nitrogen and oxygen atoms in total. The second-order valence-electron chi connectivity index (χ2n) is 2.37. The van der Waals surface area contributed by atoms with Crippen LogP contribution in [0, 0.1) is 0 Å². The molecule has 0 aromatic heterocycles. The van der Waals surface area contributed by atoms with Gasteiger partial charge in [-0.2, -0.15) is 0 Å². The van der Waals surface area contributed by atoms with Crippen molar-refractivity contribution in [1.29, 1.82) is 0 Å². The first-order valence-electron chi connectivity index (χ1n) is 3.68. The van der Waals surface area contributed by atoms with Gasteiger partial charge in [0.15, 0.2) is 0 Å². The Kier molecular flexibility index (Phi) is 2.49. The highest BCUT2D eigenvalue weighted by atomic mass is 16.5. The molecule has 0 bridgehead atoms. The van der Waals surface area contributed by atoms with E-state index in [4.69, 9.17) is 4.74 Å². The zero-order valence-electron chi connectivity index (χ0n) is 6.22. The van der Waals surface area contributed by atoms with E-state index >= 15 is 0 Å². The molecule has 0 spiro atoms. The van der Waals surface area contributed by atoms with Gasteiger partial charge in [-0.05, 0) is 12.8 Å². The molecule has 56 valence electrons. The number of allylic oxidation sites excluding steroid dienone is 2. The number of rotatable bonds is 2. The van der Waals surface area contributed by atoms with Crippen LogP contribution in [-0.2, 0) is 9.53 Å². The lowest BCUT2D eigenvalue weighted by molar-refractivity contribution is -0.105. The molecule has 1 aliphatic heterocycles. The van der Waals surface area contributed by atoms with Crippen LogP contribution < -0.4 is 0 Å². The van der Waals surface area contributed by atoms with E-state index in [9.17, 15) is 4.79 Å². The molecule has 10 heavy (non-hydrogen) atoms. The lowest BCUT2D eigenvalue weighted by Crippen LogP contribution is -2.06.